The first-order chi connectivity index (χ1) is 8.78. The number of rotatable bonds is 4. The van der Waals surface area contributed by atoms with Gasteiger partial charge in [-0.25, -0.2) is 9.97 Å². The van der Waals surface area contributed by atoms with E-state index in [4.69, 9.17) is 4.98 Å². The Hall–Kier alpha value is -0.970. The topological polar surface area (TPSA) is 49.8 Å². The molecular weight excluding hydrogens is 244 g/mol. The lowest BCUT2D eigenvalue weighted by atomic mass is 10.2. The van der Waals surface area contributed by atoms with E-state index < -0.39 is 0 Å². The molecular formula is C13H20N4S. The first-order valence-electron chi connectivity index (χ1n) is 6.68. The lowest BCUT2D eigenvalue weighted by molar-refractivity contribution is 0.797. The van der Waals surface area contributed by atoms with Crippen molar-refractivity contribution in [1.82, 2.24) is 9.97 Å². The van der Waals surface area contributed by atoms with Crippen LogP contribution in [-0.2, 0) is 0 Å². The van der Waals surface area contributed by atoms with Gasteiger partial charge in [0.25, 0.3) is 0 Å². The van der Waals surface area contributed by atoms with Gasteiger partial charge < -0.3 is 10.6 Å². The summed E-state index contributed by atoms with van der Waals surface area (Å²) in [4.78, 5) is 9.36. The van der Waals surface area contributed by atoms with Crippen molar-refractivity contribution in [3.63, 3.8) is 0 Å². The second-order valence-corrected chi connectivity index (χ2v) is 6.28. The molecule has 1 aromatic rings. The lowest BCUT2D eigenvalue weighted by Gasteiger charge is -2.17. The standard InChI is InChI=1S/C13H20N4S/c1-8-11(14-2)16-13(9-3-4-9)17-12(8)15-10-5-6-18-7-10/h9-10H,3-7H2,1-2H3,(H2,14,15,16,17). The number of nitrogens with zero attached hydrogens (tertiary/aromatic N) is 2. The summed E-state index contributed by atoms with van der Waals surface area (Å²) in [6, 6.07) is 0.570. The van der Waals surface area contributed by atoms with E-state index in [2.05, 4.69) is 22.5 Å². The summed E-state index contributed by atoms with van der Waals surface area (Å²) in [5.41, 5.74) is 1.14. The van der Waals surface area contributed by atoms with Gasteiger partial charge >= 0.3 is 0 Å². The van der Waals surface area contributed by atoms with Crippen LogP contribution in [0.2, 0.25) is 0 Å². The van der Waals surface area contributed by atoms with Gasteiger partial charge in [0.1, 0.15) is 17.5 Å². The van der Waals surface area contributed by atoms with Gasteiger partial charge in [0.15, 0.2) is 0 Å². The van der Waals surface area contributed by atoms with Gasteiger partial charge in [-0.3, -0.25) is 0 Å². The molecule has 0 bridgehead atoms. The number of hydrogen-bond donors (Lipinski definition) is 2. The number of hydrogen-bond acceptors (Lipinski definition) is 5. The van der Waals surface area contributed by atoms with Crippen LogP contribution >= 0.6 is 11.8 Å². The van der Waals surface area contributed by atoms with Crippen LogP contribution in [0.4, 0.5) is 11.6 Å². The molecule has 5 heteroatoms. The molecule has 0 amide bonds. The molecule has 0 radical (unpaired) electrons. The zero-order valence-electron chi connectivity index (χ0n) is 11.0. The highest BCUT2D eigenvalue weighted by Gasteiger charge is 2.28. The van der Waals surface area contributed by atoms with Crippen LogP contribution in [-0.4, -0.2) is 34.6 Å². The fraction of sp³-hybridized carbons (Fsp3) is 0.692. The molecule has 18 heavy (non-hydrogen) atoms. The van der Waals surface area contributed by atoms with Crippen LogP contribution in [0, 0.1) is 6.92 Å². The summed E-state index contributed by atoms with van der Waals surface area (Å²) in [5, 5.41) is 6.78. The highest BCUT2D eigenvalue weighted by Crippen LogP contribution is 2.39. The minimum Gasteiger partial charge on any atom is -0.373 e. The molecule has 98 valence electrons. The van der Waals surface area contributed by atoms with Gasteiger partial charge in [-0.15, -0.1) is 0 Å². The predicted molar refractivity (Wildman–Crippen MR) is 77.6 cm³/mol. The number of aromatic nitrogens is 2. The number of anilines is 2. The molecule has 2 N–H and O–H groups in total. The second-order valence-electron chi connectivity index (χ2n) is 5.13. The smallest absolute Gasteiger partial charge is 0.136 e. The van der Waals surface area contributed by atoms with Gasteiger partial charge in [-0.2, -0.15) is 11.8 Å². The van der Waals surface area contributed by atoms with Gasteiger partial charge in [0, 0.05) is 30.3 Å². The Morgan fingerprint density at radius 2 is 1.94 bits per heavy atom. The van der Waals surface area contributed by atoms with Crippen molar-refractivity contribution in [1.29, 1.82) is 0 Å². The van der Waals surface area contributed by atoms with Crippen LogP contribution in [0.15, 0.2) is 0 Å². The van der Waals surface area contributed by atoms with Crippen molar-refractivity contribution < 1.29 is 0 Å². The Morgan fingerprint density at radius 3 is 2.56 bits per heavy atom. The van der Waals surface area contributed by atoms with Gasteiger partial charge in [-0.05, 0) is 31.9 Å². The third-order valence-electron chi connectivity index (χ3n) is 3.61. The average molecular weight is 264 g/mol. The molecule has 4 nitrogen and oxygen atoms in total. The SMILES string of the molecule is CNc1nc(C2CC2)nc(NC2CCSC2)c1C. The molecule has 3 rings (SSSR count). The predicted octanol–water partition coefficient (Wildman–Crippen LogP) is 2.62. The Bertz CT molecular complexity index is 439. The maximum atomic E-state index is 4.73. The van der Waals surface area contributed by atoms with Crippen LogP contribution in [0.25, 0.3) is 0 Å². The summed E-state index contributed by atoms with van der Waals surface area (Å²) >= 11 is 2.02. The van der Waals surface area contributed by atoms with E-state index in [1.807, 2.05) is 18.8 Å². The molecule has 1 aromatic heterocycles. The maximum absolute atomic E-state index is 4.73. The Morgan fingerprint density at radius 1 is 1.17 bits per heavy atom. The molecule has 1 aliphatic heterocycles. The molecule has 2 aliphatic rings. The molecule has 1 saturated carbocycles. The molecule has 2 heterocycles. The first-order valence-corrected chi connectivity index (χ1v) is 7.84. The number of nitrogens with one attached hydrogen (secondary N) is 2. The van der Waals surface area contributed by atoms with Gasteiger partial charge in [0.2, 0.25) is 0 Å². The summed E-state index contributed by atoms with van der Waals surface area (Å²) < 4.78 is 0. The van der Waals surface area contributed by atoms with Crippen molar-refractivity contribution in [2.45, 2.75) is 38.1 Å². The van der Waals surface area contributed by atoms with Crippen molar-refractivity contribution >= 4 is 23.4 Å². The quantitative estimate of drug-likeness (QED) is 0.875. The number of thioether (sulfide) groups is 1. The van der Waals surface area contributed by atoms with Crippen LogP contribution in [0.1, 0.15) is 36.6 Å². The molecule has 1 atom stereocenters. The molecule has 1 unspecified atom stereocenters. The first kappa shape index (κ1) is 12.1. The molecule has 0 spiro atoms. The zero-order chi connectivity index (χ0) is 12.5. The highest BCUT2D eigenvalue weighted by atomic mass is 32.2. The lowest BCUT2D eigenvalue weighted by Crippen LogP contribution is -2.21. The zero-order valence-corrected chi connectivity index (χ0v) is 11.8. The third kappa shape index (κ3) is 2.41. The summed E-state index contributed by atoms with van der Waals surface area (Å²) in [6.07, 6.45) is 3.72. The third-order valence-corrected chi connectivity index (χ3v) is 4.78. The molecule has 1 aliphatic carbocycles. The van der Waals surface area contributed by atoms with Crippen LogP contribution in [0.5, 0.6) is 0 Å². The van der Waals surface area contributed by atoms with Crippen LogP contribution < -0.4 is 10.6 Å². The van der Waals surface area contributed by atoms with Gasteiger partial charge in [0.05, 0.1) is 0 Å². The summed E-state index contributed by atoms with van der Waals surface area (Å²) in [7, 11) is 1.93. The Kier molecular flexibility index (Phi) is 3.33. The van der Waals surface area contributed by atoms with E-state index >= 15 is 0 Å². The molecule has 1 saturated heterocycles. The molecule has 0 aromatic carbocycles. The van der Waals surface area contributed by atoms with E-state index in [0.29, 0.717) is 12.0 Å². The highest BCUT2D eigenvalue weighted by molar-refractivity contribution is 7.99. The van der Waals surface area contributed by atoms with E-state index in [0.717, 1.165) is 23.0 Å². The Labute approximate surface area is 112 Å². The van der Waals surface area contributed by atoms with E-state index in [1.54, 1.807) is 0 Å². The fourth-order valence-electron chi connectivity index (χ4n) is 2.28. The van der Waals surface area contributed by atoms with Crippen LogP contribution in [0.3, 0.4) is 0 Å². The van der Waals surface area contributed by atoms with Crippen molar-refractivity contribution in [2.75, 3.05) is 29.2 Å². The molecule has 2 fully saturated rings. The normalized spacial score (nSPS) is 23.1. The largest absolute Gasteiger partial charge is 0.373 e. The van der Waals surface area contributed by atoms with E-state index in [-0.39, 0.29) is 0 Å². The van der Waals surface area contributed by atoms with E-state index in [1.165, 1.54) is 30.8 Å². The fourth-order valence-corrected chi connectivity index (χ4v) is 3.44. The average Bonchev–Trinajstić information content (AvgIpc) is 3.11. The van der Waals surface area contributed by atoms with Crippen molar-refractivity contribution in [3.05, 3.63) is 11.4 Å². The summed E-state index contributed by atoms with van der Waals surface area (Å²) in [5.74, 6) is 6.06. The van der Waals surface area contributed by atoms with E-state index in [9.17, 15) is 0 Å². The van der Waals surface area contributed by atoms with Gasteiger partial charge in [-0.1, -0.05) is 0 Å². The second kappa shape index (κ2) is 4.96. The monoisotopic (exact) mass is 264 g/mol. The maximum Gasteiger partial charge on any atom is 0.136 e. The summed E-state index contributed by atoms with van der Waals surface area (Å²) in [6.45, 7) is 2.09. The minimum absolute atomic E-state index is 0.570. The van der Waals surface area contributed by atoms with Crippen molar-refractivity contribution in [3.8, 4) is 0 Å². The minimum atomic E-state index is 0.570. The Balaban J connectivity index is 1.87. The van der Waals surface area contributed by atoms with Crippen molar-refractivity contribution in [2.24, 2.45) is 0 Å².